The standard InChI is InChI=1S/C14H15NO4/c16-12-6-7(14(18)19)1-2-11(12)15-13(17)10-4-8-3-9(8)5-10/h1-2,6,8-10,16H,3-5H2,(H,15,17)(H,18,19). The molecule has 2 aliphatic rings. The normalized spacial score (nSPS) is 27.7. The van der Waals surface area contributed by atoms with Crippen molar-refractivity contribution in [2.45, 2.75) is 19.3 Å². The molecule has 100 valence electrons. The van der Waals surface area contributed by atoms with E-state index >= 15 is 0 Å². The number of fused-ring (bicyclic) bond motifs is 1. The molecule has 2 saturated carbocycles. The molecule has 1 amide bonds. The van der Waals surface area contributed by atoms with Crippen LogP contribution in [-0.2, 0) is 4.79 Å². The molecule has 2 unspecified atom stereocenters. The third-order valence-electron chi connectivity index (χ3n) is 4.12. The Morgan fingerprint density at radius 3 is 2.42 bits per heavy atom. The van der Waals surface area contributed by atoms with Crippen molar-refractivity contribution in [3.8, 4) is 5.75 Å². The van der Waals surface area contributed by atoms with E-state index in [9.17, 15) is 14.7 Å². The lowest BCUT2D eigenvalue weighted by molar-refractivity contribution is -0.120. The van der Waals surface area contributed by atoms with Crippen LogP contribution in [0, 0.1) is 17.8 Å². The summed E-state index contributed by atoms with van der Waals surface area (Å²) in [7, 11) is 0. The lowest BCUT2D eigenvalue weighted by Crippen LogP contribution is -2.21. The van der Waals surface area contributed by atoms with Crippen molar-refractivity contribution < 1.29 is 19.8 Å². The van der Waals surface area contributed by atoms with Gasteiger partial charge in [-0.2, -0.15) is 0 Å². The molecule has 0 spiro atoms. The van der Waals surface area contributed by atoms with E-state index in [1.807, 2.05) is 0 Å². The van der Waals surface area contributed by atoms with E-state index in [2.05, 4.69) is 5.32 Å². The first-order valence-electron chi connectivity index (χ1n) is 6.41. The van der Waals surface area contributed by atoms with Gasteiger partial charge in [0.15, 0.2) is 0 Å². The zero-order chi connectivity index (χ0) is 13.6. The van der Waals surface area contributed by atoms with Crippen molar-refractivity contribution in [2.75, 3.05) is 5.32 Å². The Morgan fingerprint density at radius 1 is 1.16 bits per heavy atom. The number of carboxylic acids is 1. The second-order valence-electron chi connectivity index (χ2n) is 5.45. The first kappa shape index (κ1) is 12.0. The molecule has 0 aliphatic heterocycles. The minimum absolute atomic E-state index is 0.00221. The Kier molecular flexibility index (Phi) is 2.69. The van der Waals surface area contributed by atoms with Crippen molar-refractivity contribution in [3.63, 3.8) is 0 Å². The first-order valence-corrected chi connectivity index (χ1v) is 6.41. The highest BCUT2D eigenvalue weighted by Crippen LogP contribution is 2.54. The van der Waals surface area contributed by atoms with Crippen LogP contribution in [0.5, 0.6) is 5.75 Å². The van der Waals surface area contributed by atoms with E-state index in [-0.39, 0.29) is 28.8 Å². The van der Waals surface area contributed by atoms with Gasteiger partial charge in [-0.3, -0.25) is 4.79 Å². The van der Waals surface area contributed by atoms with E-state index in [0.717, 1.165) is 30.7 Å². The number of carbonyl (C=O) groups is 2. The summed E-state index contributed by atoms with van der Waals surface area (Å²) < 4.78 is 0. The van der Waals surface area contributed by atoms with Crippen LogP contribution in [0.25, 0.3) is 0 Å². The monoisotopic (exact) mass is 261 g/mol. The number of anilines is 1. The number of benzene rings is 1. The van der Waals surface area contributed by atoms with Crippen LogP contribution in [-0.4, -0.2) is 22.1 Å². The predicted octanol–water partition coefficient (Wildman–Crippen LogP) is 2.07. The summed E-state index contributed by atoms with van der Waals surface area (Å²) >= 11 is 0. The van der Waals surface area contributed by atoms with Crippen molar-refractivity contribution in [2.24, 2.45) is 17.8 Å². The Bertz CT molecular complexity index is 544. The van der Waals surface area contributed by atoms with E-state index < -0.39 is 5.97 Å². The predicted molar refractivity (Wildman–Crippen MR) is 68.0 cm³/mol. The van der Waals surface area contributed by atoms with E-state index in [0.29, 0.717) is 0 Å². The molecule has 2 fully saturated rings. The van der Waals surface area contributed by atoms with Crippen LogP contribution in [0.15, 0.2) is 18.2 Å². The largest absolute Gasteiger partial charge is 0.506 e. The zero-order valence-corrected chi connectivity index (χ0v) is 10.3. The molecule has 2 atom stereocenters. The number of aromatic carboxylic acids is 1. The van der Waals surface area contributed by atoms with Gasteiger partial charge < -0.3 is 15.5 Å². The molecular formula is C14H15NO4. The number of carboxylic acid groups (broad SMARTS) is 1. The van der Waals surface area contributed by atoms with Gasteiger partial charge in [0.1, 0.15) is 5.75 Å². The fraction of sp³-hybridized carbons (Fsp3) is 0.429. The molecule has 5 heteroatoms. The number of nitrogens with one attached hydrogen (secondary N) is 1. The van der Waals surface area contributed by atoms with Crippen LogP contribution >= 0.6 is 0 Å². The van der Waals surface area contributed by atoms with Gasteiger partial charge in [0.05, 0.1) is 11.3 Å². The van der Waals surface area contributed by atoms with Crippen LogP contribution in [0.3, 0.4) is 0 Å². The minimum atomic E-state index is -1.11. The summed E-state index contributed by atoms with van der Waals surface area (Å²) in [6.45, 7) is 0. The van der Waals surface area contributed by atoms with Gasteiger partial charge in [-0.25, -0.2) is 4.79 Å². The van der Waals surface area contributed by atoms with Crippen LogP contribution in [0.1, 0.15) is 29.6 Å². The van der Waals surface area contributed by atoms with Crippen molar-refractivity contribution in [1.29, 1.82) is 0 Å². The third kappa shape index (κ3) is 2.28. The fourth-order valence-corrected chi connectivity index (χ4v) is 2.93. The average molecular weight is 261 g/mol. The molecule has 0 bridgehead atoms. The molecular weight excluding hydrogens is 246 g/mol. The number of carbonyl (C=O) groups excluding carboxylic acids is 1. The van der Waals surface area contributed by atoms with Gasteiger partial charge in [0.25, 0.3) is 0 Å². The Hall–Kier alpha value is -2.04. The summed E-state index contributed by atoms with van der Waals surface area (Å²) in [5, 5.41) is 21.2. The Labute approximate surface area is 110 Å². The number of phenols is 1. The number of aromatic hydroxyl groups is 1. The number of hydrogen-bond acceptors (Lipinski definition) is 3. The summed E-state index contributed by atoms with van der Waals surface area (Å²) in [5.74, 6) is 0.0748. The van der Waals surface area contributed by atoms with Gasteiger partial charge in [-0.15, -0.1) is 0 Å². The smallest absolute Gasteiger partial charge is 0.335 e. The highest BCUT2D eigenvalue weighted by atomic mass is 16.4. The summed E-state index contributed by atoms with van der Waals surface area (Å²) in [4.78, 5) is 22.8. The topological polar surface area (TPSA) is 86.6 Å². The molecule has 0 aromatic heterocycles. The minimum Gasteiger partial charge on any atom is -0.506 e. The molecule has 5 nitrogen and oxygen atoms in total. The average Bonchev–Trinajstić information content (AvgIpc) is 2.98. The van der Waals surface area contributed by atoms with Gasteiger partial charge in [-0.1, -0.05) is 0 Å². The second-order valence-corrected chi connectivity index (χ2v) is 5.45. The molecule has 0 heterocycles. The molecule has 1 aromatic carbocycles. The maximum absolute atomic E-state index is 12.0. The molecule has 0 radical (unpaired) electrons. The number of rotatable bonds is 3. The Morgan fingerprint density at radius 2 is 1.84 bits per heavy atom. The van der Waals surface area contributed by atoms with E-state index in [4.69, 9.17) is 5.11 Å². The highest BCUT2D eigenvalue weighted by molar-refractivity contribution is 5.95. The molecule has 19 heavy (non-hydrogen) atoms. The summed E-state index contributed by atoms with van der Waals surface area (Å²) in [6.07, 6.45) is 3.12. The zero-order valence-electron chi connectivity index (χ0n) is 10.3. The van der Waals surface area contributed by atoms with Crippen LogP contribution in [0.4, 0.5) is 5.69 Å². The van der Waals surface area contributed by atoms with Gasteiger partial charge >= 0.3 is 5.97 Å². The molecule has 1 aromatic rings. The molecule has 3 rings (SSSR count). The van der Waals surface area contributed by atoms with Crippen molar-refractivity contribution in [1.82, 2.24) is 0 Å². The highest BCUT2D eigenvalue weighted by Gasteiger charge is 2.48. The van der Waals surface area contributed by atoms with Gasteiger partial charge in [-0.05, 0) is 49.3 Å². The SMILES string of the molecule is O=C(O)c1ccc(NC(=O)C2CC3CC3C2)c(O)c1. The molecule has 0 saturated heterocycles. The summed E-state index contributed by atoms with van der Waals surface area (Å²) in [6, 6.07) is 3.93. The third-order valence-corrected chi connectivity index (χ3v) is 4.12. The number of amides is 1. The summed E-state index contributed by atoms with van der Waals surface area (Å²) in [5.41, 5.74) is 0.271. The van der Waals surface area contributed by atoms with E-state index in [1.54, 1.807) is 0 Å². The first-order chi connectivity index (χ1) is 9.04. The van der Waals surface area contributed by atoms with Crippen molar-refractivity contribution in [3.05, 3.63) is 23.8 Å². The lowest BCUT2D eigenvalue weighted by Gasteiger charge is -2.13. The lowest BCUT2D eigenvalue weighted by atomic mass is 10.0. The van der Waals surface area contributed by atoms with Gasteiger partial charge in [0, 0.05) is 5.92 Å². The quantitative estimate of drug-likeness (QED) is 0.727. The number of hydrogen-bond donors (Lipinski definition) is 3. The molecule has 2 aliphatic carbocycles. The van der Waals surface area contributed by atoms with Crippen LogP contribution < -0.4 is 5.32 Å². The number of phenolic OH excluding ortho intramolecular Hbond substituents is 1. The second kappa shape index (κ2) is 4.26. The van der Waals surface area contributed by atoms with Crippen molar-refractivity contribution >= 4 is 17.6 Å². The maximum Gasteiger partial charge on any atom is 0.335 e. The van der Waals surface area contributed by atoms with Crippen LogP contribution in [0.2, 0.25) is 0 Å². The fourth-order valence-electron chi connectivity index (χ4n) is 2.93. The Balaban J connectivity index is 1.69. The van der Waals surface area contributed by atoms with E-state index in [1.165, 1.54) is 18.6 Å². The van der Waals surface area contributed by atoms with Gasteiger partial charge in [0.2, 0.25) is 5.91 Å². The molecule has 3 N–H and O–H groups in total. The maximum atomic E-state index is 12.0.